The predicted octanol–water partition coefficient (Wildman–Crippen LogP) is 3.56. The first-order valence-electron chi connectivity index (χ1n) is 9.26. The molecule has 4 rings (SSSR count). The van der Waals surface area contributed by atoms with E-state index in [0.29, 0.717) is 41.2 Å². The molecule has 1 heterocycles. The number of aryl methyl sites for hydroxylation is 1. The van der Waals surface area contributed by atoms with Gasteiger partial charge < -0.3 is 9.84 Å². The molecule has 3 aromatic rings. The number of nitro benzene ring substituents is 1. The van der Waals surface area contributed by atoms with Gasteiger partial charge in [-0.1, -0.05) is 0 Å². The monoisotopic (exact) mass is 393 g/mol. The fourth-order valence-electron chi connectivity index (χ4n) is 3.73. The summed E-state index contributed by atoms with van der Waals surface area (Å²) in [6.45, 7) is 1.80. The number of aromatic amines is 1. The summed E-state index contributed by atoms with van der Waals surface area (Å²) in [7, 11) is 0. The van der Waals surface area contributed by atoms with Gasteiger partial charge in [-0.25, -0.2) is 5.10 Å². The summed E-state index contributed by atoms with van der Waals surface area (Å²) in [5.74, 6) is 1.26. The average molecular weight is 393 g/mol. The Morgan fingerprint density at radius 2 is 2.00 bits per heavy atom. The number of aromatic hydroxyl groups is 1. The summed E-state index contributed by atoms with van der Waals surface area (Å²) >= 11 is 0. The molecule has 0 saturated heterocycles. The third-order valence-corrected chi connectivity index (χ3v) is 5.09. The van der Waals surface area contributed by atoms with Crippen LogP contribution in [0.2, 0.25) is 0 Å². The van der Waals surface area contributed by atoms with E-state index in [4.69, 9.17) is 4.74 Å². The molecule has 1 aliphatic carbocycles. The van der Waals surface area contributed by atoms with Crippen LogP contribution in [0.25, 0.3) is 0 Å². The quantitative estimate of drug-likeness (QED) is 0.505. The molecule has 0 radical (unpaired) electrons. The molecule has 0 spiro atoms. The molecule has 0 aliphatic heterocycles. The first kappa shape index (κ1) is 18.7. The Kier molecular flexibility index (Phi) is 4.75. The van der Waals surface area contributed by atoms with Gasteiger partial charge in [0.25, 0.3) is 11.2 Å². The van der Waals surface area contributed by atoms with Gasteiger partial charge in [0.15, 0.2) is 0 Å². The molecule has 0 amide bonds. The number of phenols is 1. The minimum Gasteiger partial charge on any atom is -0.508 e. The lowest BCUT2D eigenvalue weighted by atomic mass is 10.0. The van der Waals surface area contributed by atoms with Crippen molar-refractivity contribution in [2.45, 2.75) is 32.6 Å². The Labute approximate surface area is 165 Å². The maximum Gasteiger partial charge on any atom is 0.273 e. The zero-order valence-corrected chi connectivity index (χ0v) is 15.8. The molecule has 0 unspecified atom stereocenters. The molecule has 29 heavy (non-hydrogen) atoms. The lowest BCUT2D eigenvalue weighted by Gasteiger charge is -2.15. The van der Waals surface area contributed by atoms with E-state index in [0.717, 1.165) is 24.0 Å². The first-order chi connectivity index (χ1) is 13.9. The maximum absolute atomic E-state index is 11.4. The number of benzene rings is 2. The molecule has 2 N–H and O–H groups in total. The largest absolute Gasteiger partial charge is 0.508 e. The zero-order chi connectivity index (χ0) is 20.5. The van der Waals surface area contributed by atoms with Crippen molar-refractivity contribution in [3.63, 3.8) is 0 Å². The van der Waals surface area contributed by atoms with Crippen LogP contribution >= 0.6 is 0 Å². The number of aromatic nitrogens is 2. The smallest absolute Gasteiger partial charge is 0.273 e. The van der Waals surface area contributed by atoms with E-state index in [1.165, 1.54) is 12.1 Å². The van der Waals surface area contributed by atoms with Crippen LogP contribution in [0.15, 0.2) is 41.2 Å². The molecular weight excluding hydrogens is 374 g/mol. The second-order valence-electron chi connectivity index (χ2n) is 7.09. The van der Waals surface area contributed by atoms with Gasteiger partial charge >= 0.3 is 0 Å². The number of phenolic OH excluding ortho intramolecular Hbond substituents is 1. The molecule has 0 bridgehead atoms. The van der Waals surface area contributed by atoms with E-state index < -0.39 is 0 Å². The van der Waals surface area contributed by atoms with Crippen molar-refractivity contribution in [2.24, 2.45) is 0 Å². The summed E-state index contributed by atoms with van der Waals surface area (Å²) < 4.78 is 6.13. The van der Waals surface area contributed by atoms with Crippen molar-refractivity contribution < 1.29 is 14.8 Å². The maximum atomic E-state index is 11.4. The van der Waals surface area contributed by atoms with Crippen LogP contribution < -0.4 is 10.3 Å². The van der Waals surface area contributed by atoms with Gasteiger partial charge in [-0.2, -0.15) is 5.10 Å². The molecule has 8 nitrogen and oxygen atoms in total. The number of ether oxygens (including phenoxy) is 1. The fourth-order valence-corrected chi connectivity index (χ4v) is 3.73. The predicted molar refractivity (Wildman–Crippen MR) is 106 cm³/mol. The van der Waals surface area contributed by atoms with Crippen LogP contribution in [0.1, 0.15) is 34.4 Å². The summed E-state index contributed by atoms with van der Waals surface area (Å²) in [5.41, 5.74) is 3.38. The Balaban J connectivity index is 1.67. The SMILES string of the molecule is Cc1cc([N+](=O)[O-])c2c(c1Oc1ccc(O)c(Cc3ccc(=O)[nH]n3)c1)CCC2. The number of H-pyrrole nitrogens is 1. The first-order valence-corrected chi connectivity index (χ1v) is 9.26. The Hall–Kier alpha value is -3.68. The van der Waals surface area contributed by atoms with Crippen LogP contribution in [0.3, 0.4) is 0 Å². The van der Waals surface area contributed by atoms with Crippen LogP contribution in [0.4, 0.5) is 5.69 Å². The third kappa shape index (κ3) is 3.69. The fraction of sp³-hybridized carbons (Fsp3) is 0.238. The van der Waals surface area contributed by atoms with E-state index in [-0.39, 0.29) is 21.9 Å². The number of fused-ring (bicyclic) bond motifs is 1. The van der Waals surface area contributed by atoms with E-state index >= 15 is 0 Å². The van der Waals surface area contributed by atoms with E-state index in [2.05, 4.69) is 10.2 Å². The highest BCUT2D eigenvalue weighted by molar-refractivity contribution is 5.59. The highest BCUT2D eigenvalue weighted by atomic mass is 16.6. The number of hydrogen-bond acceptors (Lipinski definition) is 6. The molecular formula is C21H19N3O5. The van der Waals surface area contributed by atoms with Crippen molar-refractivity contribution in [1.82, 2.24) is 10.2 Å². The minimum absolute atomic E-state index is 0.0935. The molecule has 0 atom stereocenters. The number of nitrogens with zero attached hydrogens (tertiary/aromatic N) is 2. The number of hydrogen-bond donors (Lipinski definition) is 2. The van der Waals surface area contributed by atoms with Crippen molar-refractivity contribution in [3.05, 3.63) is 84.8 Å². The van der Waals surface area contributed by atoms with Crippen molar-refractivity contribution in [1.29, 1.82) is 0 Å². The minimum atomic E-state index is -0.337. The van der Waals surface area contributed by atoms with Crippen LogP contribution in [-0.2, 0) is 19.3 Å². The number of rotatable bonds is 5. The van der Waals surface area contributed by atoms with Crippen molar-refractivity contribution in [3.8, 4) is 17.2 Å². The van der Waals surface area contributed by atoms with Gasteiger partial charge in [-0.05, 0) is 56.0 Å². The van der Waals surface area contributed by atoms with Gasteiger partial charge in [-0.15, -0.1) is 0 Å². The van der Waals surface area contributed by atoms with E-state index in [9.17, 15) is 20.0 Å². The lowest BCUT2D eigenvalue weighted by Crippen LogP contribution is -2.07. The van der Waals surface area contributed by atoms with Gasteiger partial charge in [0.2, 0.25) is 0 Å². The molecule has 1 aromatic heterocycles. The number of nitro groups is 1. The van der Waals surface area contributed by atoms with E-state index in [1.807, 2.05) is 0 Å². The van der Waals surface area contributed by atoms with E-state index in [1.54, 1.807) is 31.2 Å². The molecule has 0 saturated carbocycles. The molecule has 2 aromatic carbocycles. The zero-order valence-electron chi connectivity index (χ0n) is 15.8. The van der Waals surface area contributed by atoms with Gasteiger partial charge in [0.05, 0.1) is 10.6 Å². The topological polar surface area (TPSA) is 118 Å². The van der Waals surface area contributed by atoms with Crippen LogP contribution in [0, 0.1) is 17.0 Å². The highest BCUT2D eigenvalue weighted by Gasteiger charge is 2.27. The highest BCUT2D eigenvalue weighted by Crippen LogP contribution is 2.41. The molecule has 0 fully saturated rings. The molecule has 1 aliphatic rings. The normalized spacial score (nSPS) is 12.6. The lowest BCUT2D eigenvalue weighted by molar-refractivity contribution is -0.385. The van der Waals surface area contributed by atoms with Crippen molar-refractivity contribution >= 4 is 5.69 Å². The van der Waals surface area contributed by atoms with Gasteiger partial charge in [0, 0.05) is 35.2 Å². The Morgan fingerprint density at radius 3 is 2.72 bits per heavy atom. The van der Waals surface area contributed by atoms with Crippen LogP contribution in [0.5, 0.6) is 17.2 Å². The summed E-state index contributed by atoms with van der Waals surface area (Å²) in [6.07, 6.45) is 2.58. The van der Waals surface area contributed by atoms with Crippen LogP contribution in [-0.4, -0.2) is 20.2 Å². The number of nitrogens with one attached hydrogen (secondary N) is 1. The molecule has 148 valence electrons. The summed E-state index contributed by atoms with van der Waals surface area (Å²) in [6, 6.07) is 9.44. The van der Waals surface area contributed by atoms with Crippen molar-refractivity contribution in [2.75, 3.05) is 0 Å². The summed E-state index contributed by atoms with van der Waals surface area (Å²) in [4.78, 5) is 22.2. The Morgan fingerprint density at radius 1 is 1.21 bits per heavy atom. The average Bonchev–Trinajstić information content (AvgIpc) is 3.17. The third-order valence-electron chi connectivity index (χ3n) is 5.09. The van der Waals surface area contributed by atoms with Gasteiger partial charge in [-0.3, -0.25) is 14.9 Å². The van der Waals surface area contributed by atoms with Gasteiger partial charge in [0.1, 0.15) is 17.2 Å². The standard InChI is InChI=1S/C21H19N3O5/c1-12-9-18(24(27)28)16-3-2-4-17(16)21(12)29-15-6-7-19(25)13(11-15)10-14-5-8-20(26)23-22-14/h5-9,11,25H,2-4,10H2,1H3,(H,23,26). The second-order valence-corrected chi connectivity index (χ2v) is 7.09. The Bertz CT molecular complexity index is 1150. The second kappa shape index (κ2) is 7.38. The molecule has 8 heteroatoms. The summed E-state index contributed by atoms with van der Waals surface area (Å²) in [5, 5.41) is 27.9.